The number of nitrogens with one attached hydrogen (secondary N) is 2. The molecule has 1 amide bonds. The molecule has 3 aromatic rings. The van der Waals surface area contributed by atoms with Crippen LogP contribution in [-0.4, -0.2) is 65.6 Å². The Morgan fingerprint density at radius 2 is 1.78 bits per heavy atom. The number of rotatable bonds is 10. The van der Waals surface area contributed by atoms with Gasteiger partial charge < -0.3 is 19.5 Å². The number of carbonyl (C=O) groups excluding carboxylic acids is 1. The predicted molar refractivity (Wildman–Crippen MR) is 133 cm³/mol. The van der Waals surface area contributed by atoms with Gasteiger partial charge in [0.15, 0.2) is 11.6 Å². The van der Waals surface area contributed by atoms with Crippen molar-refractivity contribution in [1.29, 1.82) is 0 Å². The van der Waals surface area contributed by atoms with Gasteiger partial charge in [-0.2, -0.15) is 0 Å². The van der Waals surface area contributed by atoms with Gasteiger partial charge in [-0.3, -0.25) is 14.1 Å². The molecule has 37 heavy (non-hydrogen) atoms. The molecule has 1 aliphatic rings. The largest absolute Gasteiger partial charge is 0.494 e. The van der Waals surface area contributed by atoms with Gasteiger partial charge in [0.2, 0.25) is 21.9 Å². The highest BCUT2D eigenvalue weighted by Crippen LogP contribution is 2.38. The summed E-state index contributed by atoms with van der Waals surface area (Å²) >= 11 is 5.87. The molecule has 1 aromatic carbocycles. The molecule has 1 aliphatic heterocycles. The van der Waals surface area contributed by atoms with Crippen molar-refractivity contribution in [2.24, 2.45) is 0 Å². The molecule has 1 saturated heterocycles. The van der Waals surface area contributed by atoms with Crippen LogP contribution in [0.4, 0.5) is 5.95 Å². The zero-order valence-corrected chi connectivity index (χ0v) is 22.1. The molecular weight excluding hydrogens is 526 g/mol. The summed E-state index contributed by atoms with van der Waals surface area (Å²) in [6, 6.07) is 4.60. The van der Waals surface area contributed by atoms with Crippen LogP contribution in [-0.2, 0) is 19.6 Å². The standard InChI is InChI=1S/C22H26ClN7O6S/c1-12(19(36-4)20-24-10-13(23)11-25-20)37(32,33)29-22-28-27-21(14-8-9-17(31)26-14)30(22)18-15(34-2)6-5-7-16(18)35-3/h5-7,10-12,14,19H,8-9H2,1-4H3,(H,26,31)(H,28,29)/t12-,14?,19-/m0/s1. The third kappa shape index (κ3) is 5.31. The first-order valence-corrected chi connectivity index (χ1v) is 13.1. The monoisotopic (exact) mass is 551 g/mol. The molecule has 0 spiro atoms. The summed E-state index contributed by atoms with van der Waals surface area (Å²) in [7, 11) is 0.151. The van der Waals surface area contributed by atoms with Crippen molar-refractivity contribution in [2.75, 3.05) is 26.1 Å². The van der Waals surface area contributed by atoms with Crippen molar-refractivity contribution in [3.8, 4) is 17.2 Å². The summed E-state index contributed by atoms with van der Waals surface area (Å²) < 4.78 is 47.6. The Morgan fingerprint density at radius 1 is 1.14 bits per heavy atom. The normalized spacial score (nSPS) is 17.2. The van der Waals surface area contributed by atoms with Crippen molar-refractivity contribution >= 4 is 33.5 Å². The summed E-state index contributed by atoms with van der Waals surface area (Å²) in [5.74, 6) is 0.936. The molecule has 3 atom stereocenters. The molecule has 2 aromatic heterocycles. The molecule has 3 heterocycles. The molecule has 4 rings (SSSR count). The fourth-order valence-electron chi connectivity index (χ4n) is 4.03. The smallest absolute Gasteiger partial charge is 0.243 e. The van der Waals surface area contributed by atoms with E-state index < -0.39 is 27.4 Å². The first-order chi connectivity index (χ1) is 17.7. The van der Waals surface area contributed by atoms with Crippen LogP contribution in [0, 0.1) is 0 Å². The van der Waals surface area contributed by atoms with Crippen LogP contribution in [0.1, 0.15) is 43.6 Å². The molecule has 1 unspecified atom stereocenters. The average Bonchev–Trinajstić information content (AvgIpc) is 3.50. The lowest BCUT2D eigenvalue weighted by Gasteiger charge is -2.23. The number of sulfonamides is 1. The second kappa shape index (κ2) is 10.9. The van der Waals surface area contributed by atoms with E-state index in [0.717, 1.165) is 0 Å². The maximum Gasteiger partial charge on any atom is 0.243 e. The highest BCUT2D eigenvalue weighted by molar-refractivity contribution is 7.93. The van der Waals surface area contributed by atoms with E-state index in [1.54, 1.807) is 18.2 Å². The van der Waals surface area contributed by atoms with E-state index in [1.807, 2.05) is 0 Å². The topological polar surface area (TPSA) is 159 Å². The van der Waals surface area contributed by atoms with Crippen LogP contribution in [0.2, 0.25) is 5.02 Å². The van der Waals surface area contributed by atoms with Crippen LogP contribution in [0.15, 0.2) is 30.6 Å². The third-order valence-corrected chi connectivity index (χ3v) is 7.81. The predicted octanol–water partition coefficient (Wildman–Crippen LogP) is 2.20. The van der Waals surface area contributed by atoms with E-state index >= 15 is 0 Å². The zero-order valence-electron chi connectivity index (χ0n) is 20.5. The van der Waals surface area contributed by atoms with Crippen LogP contribution in [0.25, 0.3) is 5.69 Å². The van der Waals surface area contributed by atoms with Crippen LogP contribution in [0.5, 0.6) is 11.5 Å². The maximum atomic E-state index is 13.5. The Labute approximate surface area is 218 Å². The van der Waals surface area contributed by atoms with Crippen LogP contribution in [0.3, 0.4) is 0 Å². The third-order valence-electron chi connectivity index (χ3n) is 5.92. The molecule has 2 N–H and O–H groups in total. The number of halogens is 1. The zero-order chi connectivity index (χ0) is 26.7. The van der Waals surface area contributed by atoms with E-state index in [4.69, 9.17) is 25.8 Å². The first-order valence-electron chi connectivity index (χ1n) is 11.2. The second-order valence-electron chi connectivity index (χ2n) is 8.16. The molecule has 0 aliphatic carbocycles. The van der Waals surface area contributed by atoms with Crippen molar-refractivity contribution in [1.82, 2.24) is 30.0 Å². The number of hydrogen-bond acceptors (Lipinski definition) is 10. The lowest BCUT2D eigenvalue weighted by Crippen LogP contribution is -2.33. The molecule has 1 fully saturated rings. The summed E-state index contributed by atoms with van der Waals surface area (Å²) in [5, 5.41) is 10.3. The number of aromatic nitrogens is 5. The lowest BCUT2D eigenvalue weighted by molar-refractivity contribution is -0.119. The van der Waals surface area contributed by atoms with E-state index in [1.165, 1.54) is 45.2 Å². The number of para-hydroxylation sites is 1. The minimum absolute atomic E-state index is 0.127. The number of carbonyl (C=O) groups is 1. The minimum atomic E-state index is -4.15. The number of amides is 1. The van der Waals surface area contributed by atoms with Crippen LogP contribution < -0.4 is 19.5 Å². The van der Waals surface area contributed by atoms with Crippen molar-refractivity contribution in [3.05, 3.63) is 47.3 Å². The number of nitrogens with zero attached hydrogens (tertiary/aromatic N) is 5. The number of anilines is 1. The van der Waals surface area contributed by atoms with Crippen molar-refractivity contribution in [2.45, 2.75) is 37.2 Å². The molecule has 198 valence electrons. The van der Waals surface area contributed by atoms with Crippen molar-refractivity contribution < 1.29 is 27.4 Å². The number of benzene rings is 1. The summed E-state index contributed by atoms with van der Waals surface area (Å²) in [6.45, 7) is 1.46. The van der Waals surface area contributed by atoms with Gasteiger partial charge in [0.1, 0.15) is 28.5 Å². The van der Waals surface area contributed by atoms with Crippen LogP contribution >= 0.6 is 11.6 Å². The second-order valence-corrected chi connectivity index (χ2v) is 10.6. The molecule has 0 radical (unpaired) electrons. The first kappa shape index (κ1) is 26.6. The average molecular weight is 552 g/mol. The molecule has 13 nitrogen and oxygen atoms in total. The van der Waals surface area contributed by atoms with E-state index in [0.29, 0.717) is 40.9 Å². The fraction of sp³-hybridized carbons (Fsp3) is 0.409. The summed E-state index contributed by atoms with van der Waals surface area (Å²) in [5.41, 5.74) is 0.364. The van der Waals surface area contributed by atoms with E-state index in [2.05, 4.69) is 30.2 Å². The van der Waals surface area contributed by atoms with Gasteiger partial charge in [-0.25, -0.2) is 18.4 Å². The quantitative estimate of drug-likeness (QED) is 0.382. The Hall–Kier alpha value is -3.49. The number of methoxy groups -OCH3 is 3. The highest BCUT2D eigenvalue weighted by atomic mass is 35.5. The minimum Gasteiger partial charge on any atom is -0.494 e. The van der Waals surface area contributed by atoms with Gasteiger partial charge in [-0.1, -0.05) is 17.7 Å². The Morgan fingerprint density at radius 3 is 2.32 bits per heavy atom. The Balaban J connectivity index is 1.79. The van der Waals surface area contributed by atoms with E-state index in [-0.39, 0.29) is 17.7 Å². The molecule has 0 saturated carbocycles. The van der Waals surface area contributed by atoms with Gasteiger partial charge in [-0.05, 0) is 25.5 Å². The molecule has 0 bridgehead atoms. The summed E-state index contributed by atoms with van der Waals surface area (Å²) in [4.78, 5) is 20.1. The highest BCUT2D eigenvalue weighted by Gasteiger charge is 2.36. The van der Waals surface area contributed by atoms with Gasteiger partial charge in [0.25, 0.3) is 0 Å². The Kier molecular flexibility index (Phi) is 7.80. The lowest BCUT2D eigenvalue weighted by atomic mass is 10.2. The van der Waals surface area contributed by atoms with Crippen molar-refractivity contribution in [3.63, 3.8) is 0 Å². The number of ether oxygens (including phenoxy) is 3. The molecule has 15 heteroatoms. The van der Waals surface area contributed by atoms with E-state index in [9.17, 15) is 13.2 Å². The van der Waals surface area contributed by atoms with Gasteiger partial charge in [-0.15, -0.1) is 10.2 Å². The molecular formula is C22H26ClN7O6S. The maximum absolute atomic E-state index is 13.5. The fourth-order valence-corrected chi connectivity index (χ4v) is 5.26. The Bertz CT molecular complexity index is 1360. The SMILES string of the molecule is COc1cccc(OC)c1-n1c(NS(=O)(=O)[C@@H](C)[C@H](OC)c2ncc(Cl)cn2)nnc1C1CCC(=O)N1. The van der Waals surface area contributed by atoms with Gasteiger partial charge in [0, 0.05) is 25.9 Å². The number of hydrogen-bond donors (Lipinski definition) is 2. The van der Waals surface area contributed by atoms with Gasteiger partial charge in [0.05, 0.1) is 25.3 Å². The summed E-state index contributed by atoms with van der Waals surface area (Å²) in [6.07, 6.45) is 2.46. The van der Waals surface area contributed by atoms with Gasteiger partial charge >= 0.3 is 0 Å².